The lowest BCUT2D eigenvalue weighted by Gasteiger charge is -2.12. The SMILES string of the molecule is NCCc1cc(Br)c(OCc2cc(F)cc(Br)c2)c(Br)c1. The molecule has 0 saturated carbocycles. The molecule has 2 aromatic rings. The zero-order valence-electron chi connectivity index (χ0n) is 11.0. The van der Waals surface area contributed by atoms with Crippen molar-refractivity contribution >= 4 is 47.8 Å². The molecule has 0 saturated heterocycles. The molecule has 0 aliphatic carbocycles. The van der Waals surface area contributed by atoms with E-state index in [9.17, 15) is 4.39 Å². The average Bonchev–Trinajstić information content (AvgIpc) is 2.36. The topological polar surface area (TPSA) is 35.2 Å². The van der Waals surface area contributed by atoms with Crippen LogP contribution in [-0.2, 0) is 13.0 Å². The van der Waals surface area contributed by atoms with Crippen LogP contribution in [0, 0.1) is 5.82 Å². The Labute approximate surface area is 148 Å². The molecule has 112 valence electrons. The van der Waals surface area contributed by atoms with Crippen molar-refractivity contribution in [2.24, 2.45) is 5.73 Å². The van der Waals surface area contributed by atoms with Crippen LogP contribution < -0.4 is 10.5 Å². The zero-order chi connectivity index (χ0) is 15.4. The first-order chi connectivity index (χ1) is 9.99. The van der Waals surface area contributed by atoms with Crippen LogP contribution in [0.25, 0.3) is 0 Å². The minimum atomic E-state index is -0.292. The number of ether oxygens (including phenoxy) is 1. The molecule has 2 N–H and O–H groups in total. The van der Waals surface area contributed by atoms with Crippen molar-refractivity contribution < 1.29 is 9.13 Å². The van der Waals surface area contributed by atoms with Gasteiger partial charge in [-0.25, -0.2) is 4.39 Å². The number of halogens is 4. The van der Waals surface area contributed by atoms with E-state index in [0.29, 0.717) is 16.8 Å². The molecule has 0 aromatic heterocycles. The number of hydrogen-bond donors (Lipinski definition) is 1. The number of hydrogen-bond acceptors (Lipinski definition) is 2. The van der Waals surface area contributed by atoms with Crippen molar-refractivity contribution in [2.75, 3.05) is 6.54 Å². The van der Waals surface area contributed by atoms with Gasteiger partial charge in [0.25, 0.3) is 0 Å². The second-order valence-corrected chi connectivity index (χ2v) is 7.12. The van der Waals surface area contributed by atoms with Crippen molar-refractivity contribution in [3.63, 3.8) is 0 Å². The van der Waals surface area contributed by atoms with Gasteiger partial charge in [-0.2, -0.15) is 0 Å². The molecule has 2 aromatic carbocycles. The summed E-state index contributed by atoms with van der Waals surface area (Å²) in [4.78, 5) is 0. The van der Waals surface area contributed by atoms with Crippen LogP contribution in [0.4, 0.5) is 4.39 Å². The first-order valence-corrected chi connectivity index (χ1v) is 8.63. The summed E-state index contributed by atoms with van der Waals surface area (Å²) in [7, 11) is 0. The van der Waals surface area contributed by atoms with E-state index in [1.165, 1.54) is 12.1 Å². The van der Waals surface area contributed by atoms with Crippen LogP contribution in [0.5, 0.6) is 5.75 Å². The minimum absolute atomic E-state index is 0.282. The third-order valence-corrected chi connectivity index (χ3v) is 4.43. The summed E-state index contributed by atoms with van der Waals surface area (Å²) in [6.45, 7) is 0.875. The summed E-state index contributed by atoms with van der Waals surface area (Å²) in [6, 6.07) is 8.66. The summed E-state index contributed by atoms with van der Waals surface area (Å²) >= 11 is 10.3. The quantitative estimate of drug-likeness (QED) is 0.637. The molecule has 0 bridgehead atoms. The van der Waals surface area contributed by atoms with Crippen molar-refractivity contribution in [1.29, 1.82) is 0 Å². The van der Waals surface area contributed by atoms with Crippen LogP contribution in [-0.4, -0.2) is 6.54 Å². The maximum atomic E-state index is 13.3. The van der Waals surface area contributed by atoms with E-state index in [0.717, 1.165) is 26.5 Å². The van der Waals surface area contributed by atoms with Crippen molar-refractivity contribution in [1.82, 2.24) is 0 Å². The van der Waals surface area contributed by atoms with Gasteiger partial charge in [0.1, 0.15) is 18.2 Å². The summed E-state index contributed by atoms with van der Waals surface area (Å²) < 4.78 is 21.5. The summed E-state index contributed by atoms with van der Waals surface area (Å²) in [6.07, 6.45) is 0.800. The molecule has 0 spiro atoms. The van der Waals surface area contributed by atoms with E-state index in [4.69, 9.17) is 10.5 Å². The molecule has 2 nitrogen and oxygen atoms in total. The highest BCUT2D eigenvalue weighted by molar-refractivity contribution is 9.11. The summed E-state index contributed by atoms with van der Waals surface area (Å²) in [5, 5.41) is 0. The lowest BCUT2D eigenvalue weighted by molar-refractivity contribution is 0.301. The molecular formula is C15H13Br3FNO. The van der Waals surface area contributed by atoms with Gasteiger partial charge in [-0.05, 0) is 86.3 Å². The molecule has 21 heavy (non-hydrogen) atoms. The first kappa shape index (κ1) is 16.9. The van der Waals surface area contributed by atoms with Gasteiger partial charge >= 0.3 is 0 Å². The Morgan fingerprint density at radius 2 is 1.62 bits per heavy atom. The lowest BCUT2D eigenvalue weighted by atomic mass is 10.1. The molecule has 0 amide bonds. The highest BCUT2D eigenvalue weighted by Gasteiger charge is 2.10. The highest BCUT2D eigenvalue weighted by atomic mass is 79.9. The standard InChI is InChI=1S/C15H13Br3FNO/c16-11-3-10(4-12(19)7-11)8-21-15-13(17)5-9(1-2-20)6-14(15)18/h3-7H,1-2,8,20H2. The van der Waals surface area contributed by atoms with Crippen molar-refractivity contribution in [2.45, 2.75) is 13.0 Å². The summed E-state index contributed by atoms with van der Waals surface area (Å²) in [5.41, 5.74) is 7.44. The maximum Gasteiger partial charge on any atom is 0.148 e. The lowest BCUT2D eigenvalue weighted by Crippen LogP contribution is -2.03. The van der Waals surface area contributed by atoms with E-state index in [1.54, 1.807) is 0 Å². The fourth-order valence-electron chi connectivity index (χ4n) is 1.91. The Hall–Kier alpha value is -0.430. The van der Waals surface area contributed by atoms with Gasteiger partial charge in [-0.15, -0.1) is 0 Å². The molecule has 0 aliphatic rings. The number of nitrogens with two attached hydrogens (primary N) is 1. The Morgan fingerprint density at radius 3 is 2.19 bits per heavy atom. The molecule has 6 heteroatoms. The monoisotopic (exact) mass is 479 g/mol. The van der Waals surface area contributed by atoms with Crippen LogP contribution in [0.2, 0.25) is 0 Å². The molecule has 0 heterocycles. The van der Waals surface area contributed by atoms with E-state index < -0.39 is 0 Å². The predicted molar refractivity (Wildman–Crippen MR) is 93.0 cm³/mol. The van der Waals surface area contributed by atoms with E-state index in [1.807, 2.05) is 18.2 Å². The van der Waals surface area contributed by atoms with E-state index >= 15 is 0 Å². The van der Waals surface area contributed by atoms with E-state index in [2.05, 4.69) is 47.8 Å². The molecule has 0 fully saturated rings. The third kappa shape index (κ3) is 4.77. The fraction of sp³-hybridized carbons (Fsp3) is 0.200. The molecule has 0 atom stereocenters. The highest BCUT2D eigenvalue weighted by Crippen LogP contribution is 2.35. The van der Waals surface area contributed by atoms with Crippen molar-refractivity contribution in [3.05, 3.63) is 60.7 Å². The largest absolute Gasteiger partial charge is 0.487 e. The fourth-order valence-corrected chi connectivity index (χ4v) is 3.93. The normalized spacial score (nSPS) is 10.7. The third-order valence-electron chi connectivity index (χ3n) is 2.80. The summed E-state index contributed by atoms with van der Waals surface area (Å²) in [5.74, 6) is 0.399. The molecular weight excluding hydrogens is 469 g/mol. The van der Waals surface area contributed by atoms with Crippen LogP contribution in [0.15, 0.2) is 43.7 Å². The smallest absolute Gasteiger partial charge is 0.148 e. The molecule has 2 rings (SSSR count). The van der Waals surface area contributed by atoms with Gasteiger partial charge < -0.3 is 10.5 Å². The van der Waals surface area contributed by atoms with E-state index in [-0.39, 0.29) is 12.4 Å². The van der Waals surface area contributed by atoms with Crippen LogP contribution >= 0.6 is 47.8 Å². The predicted octanol–water partition coefficient (Wildman–Crippen LogP) is 5.19. The van der Waals surface area contributed by atoms with Crippen LogP contribution in [0.3, 0.4) is 0 Å². The van der Waals surface area contributed by atoms with Gasteiger partial charge in [-0.3, -0.25) is 0 Å². The zero-order valence-corrected chi connectivity index (χ0v) is 15.8. The Kier molecular flexibility index (Phi) is 6.22. The minimum Gasteiger partial charge on any atom is -0.487 e. The molecule has 0 aliphatic heterocycles. The number of rotatable bonds is 5. The van der Waals surface area contributed by atoms with Gasteiger partial charge in [-0.1, -0.05) is 15.9 Å². The Bertz CT molecular complexity index is 606. The first-order valence-electron chi connectivity index (χ1n) is 6.25. The molecule has 0 radical (unpaired) electrons. The van der Waals surface area contributed by atoms with Gasteiger partial charge in [0.15, 0.2) is 0 Å². The maximum absolute atomic E-state index is 13.3. The molecule has 0 unspecified atom stereocenters. The van der Waals surface area contributed by atoms with Crippen molar-refractivity contribution in [3.8, 4) is 5.75 Å². The van der Waals surface area contributed by atoms with Gasteiger partial charge in [0, 0.05) is 4.47 Å². The second kappa shape index (κ2) is 7.72. The second-order valence-electron chi connectivity index (χ2n) is 4.49. The van der Waals surface area contributed by atoms with Crippen LogP contribution in [0.1, 0.15) is 11.1 Å². The Balaban J connectivity index is 2.16. The van der Waals surface area contributed by atoms with Gasteiger partial charge in [0.2, 0.25) is 0 Å². The van der Waals surface area contributed by atoms with Gasteiger partial charge in [0.05, 0.1) is 8.95 Å². The number of benzene rings is 2. The Morgan fingerprint density at radius 1 is 0.952 bits per heavy atom. The average molecular weight is 482 g/mol.